The topological polar surface area (TPSA) is 105 Å². The number of alkyl carbamates (subject to hydrolysis) is 1. The summed E-state index contributed by atoms with van der Waals surface area (Å²) in [5.41, 5.74) is 0.796. The molecule has 8 heteroatoms. The highest BCUT2D eigenvalue weighted by molar-refractivity contribution is 5.81. The second-order valence-electron chi connectivity index (χ2n) is 5.06. The van der Waals surface area contributed by atoms with Crippen LogP contribution in [0, 0.1) is 0 Å². The molecule has 0 aromatic heterocycles. The van der Waals surface area contributed by atoms with Crippen LogP contribution < -0.4 is 5.32 Å². The highest BCUT2D eigenvalue weighted by Crippen LogP contribution is 2.22. The van der Waals surface area contributed by atoms with E-state index in [1.807, 2.05) is 18.2 Å². The van der Waals surface area contributed by atoms with E-state index in [4.69, 9.17) is 9.47 Å². The van der Waals surface area contributed by atoms with Crippen LogP contribution in [0.1, 0.15) is 12.0 Å². The van der Waals surface area contributed by atoms with E-state index in [1.54, 1.807) is 12.1 Å². The second kappa shape index (κ2) is 7.48. The Labute approximate surface area is 133 Å². The van der Waals surface area contributed by atoms with Crippen LogP contribution in [0.4, 0.5) is 9.59 Å². The van der Waals surface area contributed by atoms with Crippen molar-refractivity contribution < 1.29 is 29.0 Å². The predicted molar refractivity (Wildman–Crippen MR) is 78.7 cm³/mol. The van der Waals surface area contributed by atoms with Gasteiger partial charge in [0.1, 0.15) is 18.8 Å². The fraction of sp³-hybridized carbons (Fsp3) is 0.400. The highest BCUT2D eigenvalue weighted by Gasteiger charge is 2.42. The molecule has 0 spiro atoms. The van der Waals surface area contributed by atoms with Crippen molar-refractivity contribution in [2.45, 2.75) is 25.2 Å². The first kappa shape index (κ1) is 16.6. The fourth-order valence-electron chi connectivity index (χ4n) is 2.33. The molecule has 2 N–H and O–H groups in total. The minimum atomic E-state index is -1.16. The molecule has 0 radical (unpaired) electrons. The Morgan fingerprint density at radius 1 is 1.30 bits per heavy atom. The summed E-state index contributed by atoms with van der Waals surface area (Å²) in [4.78, 5) is 35.7. The van der Waals surface area contributed by atoms with Gasteiger partial charge < -0.3 is 19.9 Å². The lowest BCUT2D eigenvalue weighted by Gasteiger charge is -2.20. The summed E-state index contributed by atoms with van der Waals surface area (Å²) >= 11 is 0. The zero-order valence-corrected chi connectivity index (χ0v) is 12.6. The monoisotopic (exact) mass is 322 g/mol. The summed E-state index contributed by atoms with van der Waals surface area (Å²) in [6, 6.07) is 7.98. The molecule has 0 aliphatic carbocycles. The van der Waals surface area contributed by atoms with Crippen LogP contribution in [0.3, 0.4) is 0 Å². The van der Waals surface area contributed by atoms with Gasteiger partial charge in [0.2, 0.25) is 0 Å². The van der Waals surface area contributed by atoms with Crippen LogP contribution in [-0.2, 0) is 20.9 Å². The minimum absolute atomic E-state index is 0.0159. The highest BCUT2D eigenvalue weighted by atomic mass is 16.6. The standard InChI is InChI=1S/C15H18N2O6/c1-16-14(20)23-11-7-12(13(18)19)17(8-11)15(21)22-9-10-5-3-2-4-6-10/h2-6,11-12H,7-9H2,1H3,(H,16,20)(H,18,19)/t11-,12-/m0/s1. The van der Waals surface area contributed by atoms with E-state index in [-0.39, 0.29) is 19.6 Å². The van der Waals surface area contributed by atoms with Crippen LogP contribution >= 0.6 is 0 Å². The third kappa shape index (κ3) is 4.35. The van der Waals surface area contributed by atoms with E-state index in [0.29, 0.717) is 0 Å². The average molecular weight is 322 g/mol. The Morgan fingerprint density at radius 3 is 2.61 bits per heavy atom. The maximum atomic E-state index is 12.1. The van der Waals surface area contributed by atoms with Gasteiger partial charge in [-0.3, -0.25) is 4.90 Å². The Hall–Kier alpha value is -2.77. The lowest BCUT2D eigenvalue weighted by Crippen LogP contribution is -2.41. The largest absolute Gasteiger partial charge is 0.480 e. The molecule has 2 atom stereocenters. The van der Waals surface area contributed by atoms with Crippen LogP contribution in [0.25, 0.3) is 0 Å². The van der Waals surface area contributed by atoms with Gasteiger partial charge in [0.05, 0.1) is 6.54 Å². The van der Waals surface area contributed by atoms with Crippen LogP contribution in [0.15, 0.2) is 30.3 Å². The van der Waals surface area contributed by atoms with E-state index in [2.05, 4.69) is 5.32 Å². The van der Waals surface area contributed by atoms with Crippen molar-refractivity contribution in [3.05, 3.63) is 35.9 Å². The van der Waals surface area contributed by atoms with Crippen molar-refractivity contribution in [3.63, 3.8) is 0 Å². The maximum Gasteiger partial charge on any atom is 0.410 e. The van der Waals surface area contributed by atoms with Gasteiger partial charge in [0, 0.05) is 13.5 Å². The molecule has 23 heavy (non-hydrogen) atoms. The number of carbonyl (C=O) groups excluding carboxylic acids is 2. The van der Waals surface area contributed by atoms with Crippen LogP contribution in [0.2, 0.25) is 0 Å². The van der Waals surface area contributed by atoms with Gasteiger partial charge in [-0.15, -0.1) is 0 Å². The lowest BCUT2D eigenvalue weighted by atomic mass is 10.2. The quantitative estimate of drug-likeness (QED) is 0.863. The van der Waals surface area contributed by atoms with Gasteiger partial charge in [0.15, 0.2) is 0 Å². The summed E-state index contributed by atoms with van der Waals surface area (Å²) in [6.45, 7) is 0.0293. The molecule has 124 valence electrons. The third-order valence-electron chi connectivity index (χ3n) is 3.47. The Kier molecular flexibility index (Phi) is 5.40. The number of nitrogens with one attached hydrogen (secondary N) is 1. The van der Waals surface area contributed by atoms with Crippen molar-refractivity contribution in [1.82, 2.24) is 10.2 Å². The number of ether oxygens (including phenoxy) is 2. The number of carbonyl (C=O) groups is 3. The summed E-state index contributed by atoms with van der Waals surface area (Å²) < 4.78 is 10.2. The molecule has 1 aromatic carbocycles. The first-order chi connectivity index (χ1) is 11.0. The molecule has 0 unspecified atom stereocenters. The Morgan fingerprint density at radius 2 is 2.00 bits per heavy atom. The van der Waals surface area contributed by atoms with E-state index in [1.165, 1.54) is 7.05 Å². The number of carboxylic acids is 1. The smallest absolute Gasteiger partial charge is 0.410 e. The van der Waals surface area contributed by atoms with Crippen molar-refractivity contribution >= 4 is 18.2 Å². The number of nitrogens with zero attached hydrogens (tertiary/aromatic N) is 1. The van der Waals surface area contributed by atoms with Crippen molar-refractivity contribution in [3.8, 4) is 0 Å². The third-order valence-corrected chi connectivity index (χ3v) is 3.47. The number of amides is 2. The number of aliphatic carboxylic acids is 1. The summed E-state index contributed by atoms with van der Waals surface area (Å²) in [6.07, 6.45) is -2.06. The van der Waals surface area contributed by atoms with Gasteiger partial charge >= 0.3 is 18.2 Å². The van der Waals surface area contributed by atoms with Crippen LogP contribution in [0.5, 0.6) is 0 Å². The van der Waals surface area contributed by atoms with E-state index in [9.17, 15) is 19.5 Å². The first-order valence-corrected chi connectivity index (χ1v) is 7.09. The molecule has 1 aliphatic heterocycles. The van der Waals surface area contributed by atoms with Gasteiger partial charge in [-0.05, 0) is 5.56 Å². The van der Waals surface area contributed by atoms with Gasteiger partial charge in [-0.2, -0.15) is 0 Å². The van der Waals surface area contributed by atoms with Gasteiger partial charge in [0.25, 0.3) is 0 Å². The van der Waals surface area contributed by atoms with Crippen molar-refractivity contribution in [1.29, 1.82) is 0 Å². The molecule has 1 aliphatic rings. The molecule has 2 rings (SSSR count). The summed E-state index contributed by atoms with van der Waals surface area (Å²) in [7, 11) is 1.40. The molecule has 1 saturated heterocycles. The average Bonchev–Trinajstić information content (AvgIpc) is 2.97. The number of hydrogen-bond acceptors (Lipinski definition) is 5. The number of benzene rings is 1. The second-order valence-corrected chi connectivity index (χ2v) is 5.06. The summed E-state index contributed by atoms with van der Waals surface area (Å²) in [5, 5.41) is 11.5. The minimum Gasteiger partial charge on any atom is -0.480 e. The molecular weight excluding hydrogens is 304 g/mol. The molecule has 0 bridgehead atoms. The molecule has 1 aromatic rings. The predicted octanol–water partition coefficient (Wildman–Crippen LogP) is 1.21. The normalized spacial score (nSPS) is 20.0. The molecular formula is C15H18N2O6. The number of rotatable bonds is 4. The maximum absolute atomic E-state index is 12.1. The zero-order chi connectivity index (χ0) is 16.8. The van der Waals surface area contributed by atoms with E-state index >= 15 is 0 Å². The molecule has 1 fully saturated rings. The molecule has 8 nitrogen and oxygen atoms in total. The van der Waals surface area contributed by atoms with Crippen LogP contribution in [-0.4, -0.2) is 53.9 Å². The van der Waals surface area contributed by atoms with E-state index in [0.717, 1.165) is 10.5 Å². The van der Waals surface area contributed by atoms with Gasteiger partial charge in [-0.25, -0.2) is 14.4 Å². The van der Waals surface area contributed by atoms with Crippen molar-refractivity contribution in [2.75, 3.05) is 13.6 Å². The molecule has 1 heterocycles. The lowest BCUT2D eigenvalue weighted by molar-refractivity contribution is -0.141. The zero-order valence-electron chi connectivity index (χ0n) is 12.6. The molecule has 2 amide bonds. The fourth-order valence-corrected chi connectivity index (χ4v) is 2.33. The number of likely N-dealkylation sites (tertiary alicyclic amines) is 1. The molecule has 0 saturated carbocycles. The summed E-state index contributed by atoms with van der Waals surface area (Å²) in [5.74, 6) is -1.16. The Balaban J connectivity index is 1.96. The number of carboxylic acid groups (broad SMARTS) is 1. The SMILES string of the molecule is CNC(=O)O[C@H]1C[C@@H](C(=O)O)N(C(=O)OCc2ccccc2)C1. The number of hydrogen-bond donors (Lipinski definition) is 2. The first-order valence-electron chi connectivity index (χ1n) is 7.09. The van der Waals surface area contributed by atoms with E-state index < -0.39 is 30.3 Å². The van der Waals surface area contributed by atoms with Gasteiger partial charge in [-0.1, -0.05) is 30.3 Å². The Bertz CT molecular complexity index is 577. The van der Waals surface area contributed by atoms with Crippen molar-refractivity contribution in [2.24, 2.45) is 0 Å².